The lowest BCUT2D eigenvalue weighted by Gasteiger charge is -2.27. The molecule has 1 heterocycles. The first-order valence-electron chi connectivity index (χ1n) is 8.56. The molecular formula is C18H30N2O2. The average Bonchev–Trinajstić information content (AvgIpc) is 2.56. The van der Waals surface area contributed by atoms with E-state index in [0.717, 1.165) is 50.5 Å². The lowest BCUT2D eigenvalue weighted by molar-refractivity contribution is 0.238. The summed E-state index contributed by atoms with van der Waals surface area (Å²) in [4.78, 5) is 2.54. The summed E-state index contributed by atoms with van der Waals surface area (Å²) >= 11 is 0. The van der Waals surface area contributed by atoms with Gasteiger partial charge in [0.2, 0.25) is 0 Å². The molecular weight excluding hydrogens is 276 g/mol. The molecule has 0 aliphatic carbocycles. The van der Waals surface area contributed by atoms with Gasteiger partial charge in [0.15, 0.2) is 11.5 Å². The molecule has 0 aromatic heterocycles. The van der Waals surface area contributed by atoms with Crippen molar-refractivity contribution in [2.24, 2.45) is 0 Å². The number of hydrogen-bond acceptors (Lipinski definition) is 4. The van der Waals surface area contributed by atoms with E-state index in [-0.39, 0.29) is 0 Å². The van der Waals surface area contributed by atoms with Gasteiger partial charge in [-0.15, -0.1) is 0 Å². The summed E-state index contributed by atoms with van der Waals surface area (Å²) in [5, 5.41) is 3.40. The van der Waals surface area contributed by atoms with Gasteiger partial charge in [-0.25, -0.2) is 0 Å². The predicted octanol–water partition coefficient (Wildman–Crippen LogP) is 2.71. The van der Waals surface area contributed by atoms with Gasteiger partial charge < -0.3 is 19.7 Å². The quantitative estimate of drug-likeness (QED) is 0.711. The maximum absolute atomic E-state index is 5.86. The molecule has 0 atom stereocenters. The summed E-state index contributed by atoms with van der Waals surface area (Å²) in [6.45, 7) is 8.71. The van der Waals surface area contributed by atoms with Gasteiger partial charge in [0.1, 0.15) is 0 Å². The number of benzene rings is 1. The monoisotopic (exact) mass is 306 g/mol. The number of unbranched alkanes of at least 4 members (excludes halogenated alkanes) is 1. The van der Waals surface area contributed by atoms with E-state index in [1.54, 1.807) is 7.11 Å². The zero-order valence-corrected chi connectivity index (χ0v) is 14.1. The van der Waals surface area contributed by atoms with Crippen molar-refractivity contribution in [1.29, 1.82) is 0 Å². The molecule has 0 radical (unpaired) electrons. The Hall–Kier alpha value is -1.26. The van der Waals surface area contributed by atoms with Crippen LogP contribution in [0.5, 0.6) is 11.5 Å². The third kappa shape index (κ3) is 5.50. The first-order valence-corrected chi connectivity index (χ1v) is 8.56. The first-order chi connectivity index (χ1) is 10.8. The Kier molecular flexibility index (Phi) is 7.54. The van der Waals surface area contributed by atoms with Crippen LogP contribution in [0.1, 0.15) is 31.7 Å². The van der Waals surface area contributed by atoms with E-state index < -0.39 is 0 Å². The van der Waals surface area contributed by atoms with Gasteiger partial charge in [-0.05, 0) is 43.5 Å². The van der Waals surface area contributed by atoms with E-state index in [9.17, 15) is 0 Å². The highest BCUT2D eigenvalue weighted by Crippen LogP contribution is 2.28. The number of nitrogens with one attached hydrogen (secondary N) is 1. The molecule has 1 aliphatic rings. The topological polar surface area (TPSA) is 33.7 Å². The Morgan fingerprint density at radius 1 is 1.14 bits per heavy atom. The number of rotatable bonds is 9. The molecule has 0 spiro atoms. The Labute approximate surface area is 134 Å². The highest BCUT2D eigenvalue weighted by Gasteiger charge is 2.10. The lowest BCUT2D eigenvalue weighted by atomic mass is 10.1. The van der Waals surface area contributed by atoms with Crippen molar-refractivity contribution < 1.29 is 9.47 Å². The van der Waals surface area contributed by atoms with E-state index in [1.807, 2.05) is 6.07 Å². The summed E-state index contributed by atoms with van der Waals surface area (Å²) < 4.78 is 11.3. The van der Waals surface area contributed by atoms with Crippen LogP contribution in [-0.4, -0.2) is 51.3 Å². The van der Waals surface area contributed by atoms with Crippen molar-refractivity contribution in [3.8, 4) is 11.5 Å². The molecule has 0 bridgehead atoms. The van der Waals surface area contributed by atoms with Crippen LogP contribution in [0.4, 0.5) is 0 Å². The molecule has 1 N–H and O–H groups in total. The second-order valence-electron chi connectivity index (χ2n) is 5.88. The molecule has 22 heavy (non-hydrogen) atoms. The lowest BCUT2D eigenvalue weighted by Crippen LogP contribution is -2.43. The van der Waals surface area contributed by atoms with Crippen LogP contribution >= 0.6 is 0 Å². The zero-order valence-electron chi connectivity index (χ0n) is 14.1. The molecule has 0 amide bonds. The molecule has 2 rings (SSSR count). The summed E-state index contributed by atoms with van der Waals surface area (Å²) in [7, 11) is 1.70. The second kappa shape index (κ2) is 9.70. The minimum absolute atomic E-state index is 0.761. The number of aryl methyl sites for hydroxylation is 1. The van der Waals surface area contributed by atoms with Crippen molar-refractivity contribution in [2.75, 3.05) is 46.4 Å². The SMILES string of the molecule is CCCCOc1cc(CCCN2CCNCC2)ccc1OC. The van der Waals surface area contributed by atoms with Crippen LogP contribution < -0.4 is 14.8 Å². The van der Waals surface area contributed by atoms with Crippen molar-refractivity contribution in [3.63, 3.8) is 0 Å². The van der Waals surface area contributed by atoms with E-state index in [4.69, 9.17) is 9.47 Å². The summed E-state index contributed by atoms with van der Waals surface area (Å²) in [6, 6.07) is 6.33. The average molecular weight is 306 g/mol. The zero-order chi connectivity index (χ0) is 15.6. The van der Waals surface area contributed by atoms with E-state index in [0.29, 0.717) is 0 Å². The fraction of sp³-hybridized carbons (Fsp3) is 0.667. The van der Waals surface area contributed by atoms with Crippen LogP contribution in [0.3, 0.4) is 0 Å². The number of hydrogen-bond donors (Lipinski definition) is 1. The van der Waals surface area contributed by atoms with Crippen LogP contribution in [0.25, 0.3) is 0 Å². The van der Waals surface area contributed by atoms with Gasteiger partial charge in [-0.3, -0.25) is 0 Å². The summed E-state index contributed by atoms with van der Waals surface area (Å²) in [5.41, 5.74) is 1.34. The standard InChI is InChI=1S/C18H30N2O2/c1-3-4-14-22-18-15-16(7-8-17(18)21-2)6-5-11-20-12-9-19-10-13-20/h7-8,15,19H,3-6,9-14H2,1-2H3. The highest BCUT2D eigenvalue weighted by molar-refractivity contribution is 5.43. The summed E-state index contributed by atoms with van der Waals surface area (Å²) in [5.74, 6) is 1.72. The van der Waals surface area contributed by atoms with Gasteiger partial charge in [-0.1, -0.05) is 19.4 Å². The minimum Gasteiger partial charge on any atom is -0.493 e. The third-order valence-electron chi connectivity index (χ3n) is 4.13. The predicted molar refractivity (Wildman–Crippen MR) is 91.0 cm³/mol. The molecule has 1 aromatic rings. The molecule has 4 nitrogen and oxygen atoms in total. The number of ether oxygens (including phenoxy) is 2. The first kappa shape index (κ1) is 17.1. The third-order valence-corrected chi connectivity index (χ3v) is 4.13. The molecule has 1 fully saturated rings. The Bertz CT molecular complexity index is 431. The fourth-order valence-electron chi connectivity index (χ4n) is 2.76. The Balaban J connectivity index is 1.83. The van der Waals surface area contributed by atoms with Crippen molar-refractivity contribution in [2.45, 2.75) is 32.6 Å². The molecule has 0 saturated carbocycles. The normalized spacial score (nSPS) is 15.7. The Morgan fingerprint density at radius 2 is 1.95 bits per heavy atom. The van der Waals surface area contributed by atoms with Gasteiger partial charge in [0.05, 0.1) is 13.7 Å². The minimum atomic E-state index is 0.761. The number of methoxy groups -OCH3 is 1. The maximum Gasteiger partial charge on any atom is 0.161 e. The molecule has 124 valence electrons. The Morgan fingerprint density at radius 3 is 2.68 bits per heavy atom. The molecule has 1 saturated heterocycles. The fourth-order valence-corrected chi connectivity index (χ4v) is 2.76. The molecule has 1 aromatic carbocycles. The number of piperazine rings is 1. The van der Waals surface area contributed by atoms with Crippen LogP contribution in [0.15, 0.2) is 18.2 Å². The molecule has 4 heteroatoms. The molecule has 0 unspecified atom stereocenters. The van der Waals surface area contributed by atoms with Gasteiger partial charge >= 0.3 is 0 Å². The second-order valence-corrected chi connectivity index (χ2v) is 5.88. The summed E-state index contributed by atoms with van der Waals surface area (Å²) in [6.07, 6.45) is 4.52. The van der Waals surface area contributed by atoms with Crippen LogP contribution in [0.2, 0.25) is 0 Å². The highest BCUT2D eigenvalue weighted by atomic mass is 16.5. The van der Waals surface area contributed by atoms with Gasteiger partial charge in [-0.2, -0.15) is 0 Å². The van der Waals surface area contributed by atoms with Crippen LogP contribution in [-0.2, 0) is 6.42 Å². The largest absolute Gasteiger partial charge is 0.493 e. The van der Waals surface area contributed by atoms with Gasteiger partial charge in [0.25, 0.3) is 0 Å². The van der Waals surface area contributed by atoms with Gasteiger partial charge in [0, 0.05) is 26.2 Å². The number of nitrogens with zero attached hydrogens (tertiary/aromatic N) is 1. The smallest absolute Gasteiger partial charge is 0.161 e. The van der Waals surface area contributed by atoms with E-state index >= 15 is 0 Å². The van der Waals surface area contributed by atoms with Crippen LogP contribution in [0, 0.1) is 0 Å². The van der Waals surface area contributed by atoms with E-state index in [2.05, 4.69) is 29.3 Å². The van der Waals surface area contributed by atoms with E-state index in [1.165, 1.54) is 31.6 Å². The van der Waals surface area contributed by atoms with Crippen molar-refractivity contribution >= 4 is 0 Å². The van der Waals surface area contributed by atoms with Crippen molar-refractivity contribution in [3.05, 3.63) is 23.8 Å². The molecule has 1 aliphatic heterocycles. The van der Waals surface area contributed by atoms with Crippen molar-refractivity contribution in [1.82, 2.24) is 10.2 Å². The maximum atomic E-state index is 5.86.